The molecule has 0 amide bonds. The van der Waals surface area contributed by atoms with Crippen LogP contribution in [-0.2, 0) is 0 Å². The van der Waals surface area contributed by atoms with E-state index >= 15 is 0 Å². The second-order valence-corrected chi connectivity index (χ2v) is 11.5. The molecule has 0 atom stereocenters. The molecule has 0 aliphatic rings. The topological polar surface area (TPSA) is 0 Å². The summed E-state index contributed by atoms with van der Waals surface area (Å²) in [7, 11) is 0. The molecule has 0 saturated heterocycles. The summed E-state index contributed by atoms with van der Waals surface area (Å²) < 4.78 is 2.17. The molecule has 0 N–H and O–H groups in total. The van der Waals surface area contributed by atoms with E-state index in [1.807, 2.05) is 0 Å². The fourth-order valence-corrected chi connectivity index (χ4v) is 5.59. The zero-order valence-corrected chi connectivity index (χ0v) is 24.9. The van der Waals surface area contributed by atoms with Crippen molar-refractivity contribution in [3.8, 4) is 22.3 Å². The molecule has 2 heteroatoms. The number of hydrogen-bond donors (Lipinski definition) is 0. The summed E-state index contributed by atoms with van der Waals surface area (Å²) >= 11 is 7.09. The van der Waals surface area contributed by atoms with E-state index in [9.17, 15) is 0 Å². The van der Waals surface area contributed by atoms with Crippen LogP contribution in [0.2, 0.25) is 0 Å². The summed E-state index contributed by atoms with van der Waals surface area (Å²) in [6.07, 6.45) is 0. The molecule has 0 aliphatic carbocycles. The zero-order valence-electron chi connectivity index (χ0n) is 21.8. The van der Waals surface area contributed by atoms with Gasteiger partial charge >= 0.3 is 0 Å². The number of benzene rings is 6. The Bertz CT molecular complexity index is 1600. The largest absolute Gasteiger partial charge is 0.0622 e. The Morgan fingerprint density at radius 2 is 0.525 bits per heavy atom. The maximum Gasteiger partial charge on any atom is 0.0175 e. The predicted molar refractivity (Wildman–Crippen MR) is 177 cm³/mol. The van der Waals surface area contributed by atoms with Crippen LogP contribution in [0.25, 0.3) is 33.4 Å². The Hall–Kier alpha value is -3.98. The van der Waals surface area contributed by atoms with Gasteiger partial charge in [0.1, 0.15) is 0 Å². The summed E-state index contributed by atoms with van der Waals surface area (Å²) in [6.45, 7) is 0. The van der Waals surface area contributed by atoms with Crippen molar-refractivity contribution < 1.29 is 0 Å². The van der Waals surface area contributed by atoms with Gasteiger partial charge in [-0.15, -0.1) is 0 Å². The first-order valence-corrected chi connectivity index (χ1v) is 14.8. The average Bonchev–Trinajstić information content (AvgIpc) is 3.02. The molecule has 192 valence electrons. The van der Waals surface area contributed by atoms with Crippen molar-refractivity contribution in [1.29, 1.82) is 0 Å². The van der Waals surface area contributed by atoms with E-state index in [1.165, 1.54) is 55.7 Å². The van der Waals surface area contributed by atoms with Gasteiger partial charge in [-0.2, -0.15) is 0 Å². The number of hydrogen-bond acceptors (Lipinski definition) is 0. The minimum atomic E-state index is 1.08. The van der Waals surface area contributed by atoms with Crippen LogP contribution < -0.4 is 0 Å². The van der Waals surface area contributed by atoms with Crippen molar-refractivity contribution in [3.05, 3.63) is 189 Å². The van der Waals surface area contributed by atoms with E-state index in [-0.39, 0.29) is 0 Å². The minimum Gasteiger partial charge on any atom is -0.0622 e. The molecule has 0 bridgehead atoms. The molecule has 0 nitrogen and oxygen atoms in total. The second-order valence-electron chi connectivity index (χ2n) is 9.65. The van der Waals surface area contributed by atoms with Gasteiger partial charge in [-0.25, -0.2) is 0 Å². The maximum atomic E-state index is 3.55. The average molecular weight is 642 g/mol. The SMILES string of the molecule is Brc1ccc(-c2ccc(/C(=C(/c3ccccc3)c3ccc(-c4ccc(Br)cc4)cc3)c3ccccc3)cc2)cc1. The summed E-state index contributed by atoms with van der Waals surface area (Å²) in [5.41, 5.74) is 12.0. The molecule has 6 aromatic carbocycles. The highest BCUT2D eigenvalue weighted by Gasteiger charge is 2.16. The summed E-state index contributed by atoms with van der Waals surface area (Å²) in [6, 6.07) is 56.3. The molecule has 0 saturated carbocycles. The van der Waals surface area contributed by atoms with Crippen LogP contribution in [0.5, 0.6) is 0 Å². The predicted octanol–water partition coefficient (Wildman–Crippen LogP) is 11.6. The lowest BCUT2D eigenvalue weighted by Crippen LogP contribution is -1.97. The molecular formula is C38H26Br2. The quantitative estimate of drug-likeness (QED) is 0.159. The van der Waals surface area contributed by atoms with E-state index in [0.717, 1.165) is 8.95 Å². The molecule has 0 aromatic heterocycles. The van der Waals surface area contributed by atoms with E-state index in [1.54, 1.807) is 0 Å². The van der Waals surface area contributed by atoms with Crippen molar-refractivity contribution >= 4 is 43.0 Å². The Kier molecular flexibility index (Phi) is 7.90. The highest BCUT2D eigenvalue weighted by atomic mass is 79.9. The lowest BCUT2D eigenvalue weighted by molar-refractivity contribution is 1.49. The van der Waals surface area contributed by atoms with E-state index in [4.69, 9.17) is 0 Å². The first-order valence-electron chi connectivity index (χ1n) is 13.2. The molecule has 0 unspecified atom stereocenters. The number of rotatable bonds is 6. The molecular weight excluding hydrogens is 616 g/mol. The third kappa shape index (κ3) is 5.79. The second kappa shape index (κ2) is 12.0. The first-order chi connectivity index (χ1) is 19.7. The van der Waals surface area contributed by atoms with Crippen molar-refractivity contribution in [2.24, 2.45) is 0 Å². The van der Waals surface area contributed by atoms with Crippen LogP contribution in [0.1, 0.15) is 22.3 Å². The smallest absolute Gasteiger partial charge is 0.0175 e. The van der Waals surface area contributed by atoms with Gasteiger partial charge in [0.2, 0.25) is 0 Å². The molecule has 0 fully saturated rings. The van der Waals surface area contributed by atoms with Gasteiger partial charge in [-0.1, -0.05) is 165 Å². The molecule has 40 heavy (non-hydrogen) atoms. The van der Waals surface area contributed by atoms with E-state index < -0.39 is 0 Å². The van der Waals surface area contributed by atoms with Gasteiger partial charge in [-0.3, -0.25) is 0 Å². The fraction of sp³-hybridized carbons (Fsp3) is 0. The molecule has 0 spiro atoms. The first kappa shape index (κ1) is 26.3. The fourth-order valence-electron chi connectivity index (χ4n) is 5.06. The standard InChI is InChI=1S/C38H26Br2/c39-35-23-19-29(20-24-35)27-11-15-33(16-12-27)37(31-7-3-1-4-8-31)38(32-9-5-2-6-10-32)34-17-13-28(14-18-34)30-21-25-36(40)26-22-30/h1-26H/b38-37-. The molecule has 6 rings (SSSR count). The summed E-state index contributed by atoms with van der Waals surface area (Å²) in [5, 5.41) is 0. The van der Waals surface area contributed by atoms with Gasteiger partial charge < -0.3 is 0 Å². The zero-order chi connectivity index (χ0) is 27.3. The van der Waals surface area contributed by atoms with Crippen molar-refractivity contribution in [3.63, 3.8) is 0 Å². The van der Waals surface area contributed by atoms with Gasteiger partial charge in [0.25, 0.3) is 0 Å². The Balaban J connectivity index is 1.53. The highest BCUT2D eigenvalue weighted by molar-refractivity contribution is 9.10. The normalized spacial score (nSPS) is 11.7. The van der Waals surface area contributed by atoms with Crippen LogP contribution in [0.15, 0.2) is 167 Å². The van der Waals surface area contributed by atoms with Crippen LogP contribution in [0, 0.1) is 0 Å². The Morgan fingerprint density at radius 3 is 0.825 bits per heavy atom. The third-order valence-corrected chi connectivity index (χ3v) is 8.13. The molecule has 0 radical (unpaired) electrons. The Morgan fingerprint density at radius 1 is 0.275 bits per heavy atom. The Labute approximate surface area is 252 Å². The van der Waals surface area contributed by atoms with Gasteiger partial charge in [0, 0.05) is 8.95 Å². The van der Waals surface area contributed by atoms with Crippen molar-refractivity contribution in [2.75, 3.05) is 0 Å². The summed E-state index contributed by atoms with van der Waals surface area (Å²) in [5.74, 6) is 0. The lowest BCUT2D eigenvalue weighted by atomic mass is 9.85. The van der Waals surface area contributed by atoms with E-state index in [0.29, 0.717) is 0 Å². The molecule has 6 aromatic rings. The van der Waals surface area contributed by atoms with Crippen LogP contribution in [-0.4, -0.2) is 0 Å². The highest BCUT2D eigenvalue weighted by Crippen LogP contribution is 2.38. The van der Waals surface area contributed by atoms with Gasteiger partial charge in [-0.05, 0) is 79.9 Å². The third-order valence-electron chi connectivity index (χ3n) is 7.08. The van der Waals surface area contributed by atoms with Gasteiger partial charge in [0.15, 0.2) is 0 Å². The van der Waals surface area contributed by atoms with Crippen LogP contribution in [0.3, 0.4) is 0 Å². The molecule has 0 aliphatic heterocycles. The summed E-state index contributed by atoms with van der Waals surface area (Å²) in [4.78, 5) is 0. The molecule has 0 heterocycles. The minimum absolute atomic E-state index is 1.08. The number of halogens is 2. The van der Waals surface area contributed by atoms with Crippen LogP contribution in [0.4, 0.5) is 0 Å². The monoisotopic (exact) mass is 640 g/mol. The van der Waals surface area contributed by atoms with E-state index in [2.05, 4.69) is 190 Å². The van der Waals surface area contributed by atoms with Crippen molar-refractivity contribution in [2.45, 2.75) is 0 Å². The maximum absolute atomic E-state index is 3.55. The lowest BCUT2D eigenvalue weighted by Gasteiger charge is -2.19. The van der Waals surface area contributed by atoms with Gasteiger partial charge in [0.05, 0.1) is 0 Å². The van der Waals surface area contributed by atoms with Crippen LogP contribution >= 0.6 is 31.9 Å². The van der Waals surface area contributed by atoms with Crippen molar-refractivity contribution in [1.82, 2.24) is 0 Å².